The standard InChI is InChI=1S/C10H18N4O2.HI/c1-8(7-15-3)13-10(11-2)12-6-9-4-5-16-14-9;/h4-5,8H,6-7H2,1-3H3,(H2,11,12,13);1H. The van der Waals surface area contributed by atoms with Crippen molar-refractivity contribution in [3.63, 3.8) is 0 Å². The molecule has 1 heterocycles. The molecule has 0 aliphatic rings. The molecule has 1 unspecified atom stereocenters. The Morgan fingerprint density at radius 3 is 2.94 bits per heavy atom. The van der Waals surface area contributed by atoms with Gasteiger partial charge in [-0.15, -0.1) is 24.0 Å². The van der Waals surface area contributed by atoms with Gasteiger partial charge in [0.15, 0.2) is 5.96 Å². The smallest absolute Gasteiger partial charge is 0.191 e. The van der Waals surface area contributed by atoms with Crippen LogP contribution >= 0.6 is 24.0 Å². The fraction of sp³-hybridized carbons (Fsp3) is 0.600. The van der Waals surface area contributed by atoms with Crippen LogP contribution < -0.4 is 10.6 Å². The molecule has 2 N–H and O–H groups in total. The lowest BCUT2D eigenvalue weighted by molar-refractivity contribution is 0.179. The molecule has 7 heteroatoms. The van der Waals surface area contributed by atoms with Crippen molar-refractivity contribution in [1.82, 2.24) is 15.8 Å². The number of guanidine groups is 1. The summed E-state index contributed by atoms with van der Waals surface area (Å²) in [6, 6.07) is 2.01. The highest BCUT2D eigenvalue weighted by molar-refractivity contribution is 14.0. The van der Waals surface area contributed by atoms with E-state index in [1.54, 1.807) is 26.5 Å². The Bertz CT molecular complexity index is 316. The Labute approximate surface area is 118 Å². The van der Waals surface area contributed by atoms with Crippen LogP contribution in [0.1, 0.15) is 12.6 Å². The van der Waals surface area contributed by atoms with Crippen molar-refractivity contribution in [1.29, 1.82) is 0 Å². The van der Waals surface area contributed by atoms with E-state index in [-0.39, 0.29) is 30.0 Å². The van der Waals surface area contributed by atoms with Crippen LogP contribution in [0.2, 0.25) is 0 Å². The molecular formula is C10H19IN4O2. The van der Waals surface area contributed by atoms with Gasteiger partial charge in [-0.1, -0.05) is 5.16 Å². The Morgan fingerprint density at radius 1 is 1.65 bits per heavy atom. The van der Waals surface area contributed by atoms with Crippen molar-refractivity contribution in [2.45, 2.75) is 19.5 Å². The van der Waals surface area contributed by atoms with Crippen LogP contribution in [-0.2, 0) is 11.3 Å². The Balaban J connectivity index is 0.00000256. The first kappa shape index (κ1) is 16.2. The zero-order valence-electron chi connectivity index (χ0n) is 10.3. The summed E-state index contributed by atoms with van der Waals surface area (Å²) in [5.74, 6) is 0.715. The maximum atomic E-state index is 5.03. The van der Waals surface area contributed by atoms with E-state index in [4.69, 9.17) is 9.26 Å². The topological polar surface area (TPSA) is 71.7 Å². The Kier molecular flexibility index (Phi) is 8.78. The van der Waals surface area contributed by atoms with E-state index < -0.39 is 0 Å². The van der Waals surface area contributed by atoms with Crippen LogP contribution in [0.25, 0.3) is 0 Å². The monoisotopic (exact) mass is 354 g/mol. The zero-order valence-corrected chi connectivity index (χ0v) is 12.6. The van der Waals surface area contributed by atoms with Gasteiger partial charge in [0, 0.05) is 26.3 Å². The van der Waals surface area contributed by atoms with Crippen LogP contribution in [0.3, 0.4) is 0 Å². The summed E-state index contributed by atoms with van der Waals surface area (Å²) in [6.07, 6.45) is 1.54. The van der Waals surface area contributed by atoms with Crippen LogP contribution in [0.15, 0.2) is 21.8 Å². The third-order valence-corrected chi connectivity index (χ3v) is 1.95. The molecule has 0 radical (unpaired) electrons. The van der Waals surface area contributed by atoms with Gasteiger partial charge in [-0.3, -0.25) is 4.99 Å². The highest BCUT2D eigenvalue weighted by Gasteiger charge is 2.04. The van der Waals surface area contributed by atoms with Crippen LogP contribution in [0.5, 0.6) is 0 Å². The maximum absolute atomic E-state index is 5.03. The second-order valence-electron chi connectivity index (χ2n) is 3.42. The van der Waals surface area contributed by atoms with Crippen molar-refractivity contribution in [3.05, 3.63) is 18.0 Å². The Hall–Kier alpha value is -0.830. The SMILES string of the molecule is CN=C(NCc1ccon1)NC(C)COC.I. The van der Waals surface area contributed by atoms with Crippen LogP contribution in [-0.4, -0.2) is 37.9 Å². The predicted molar refractivity (Wildman–Crippen MR) is 76.6 cm³/mol. The largest absolute Gasteiger partial charge is 0.383 e. The molecule has 0 amide bonds. The number of nitrogens with one attached hydrogen (secondary N) is 2. The van der Waals surface area contributed by atoms with Gasteiger partial charge in [-0.25, -0.2) is 0 Å². The number of hydrogen-bond donors (Lipinski definition) is 2. The Morgan fingerprint density at radius 2 is 2.41 bits per heavy atom. The number of aromatic nitrogens is 1. The van der Waals surface area contributed by atoms with Crippen molar-refractivity contribution in [2.24, 2.45) is 4.99 Å². The molecule has 0 spiro atoms. The molecule has 1 atom stereocenters. The summed E-state index contributed by atoms with van der Waals surface area (Å²) in [6.45, 7) is 3.23. The molecule has 6 nitrogen and oxygen atoms in total. The molecule has 0 fully saturated rings. The summed E-state index contributed by atoms with van der Waals surface area (Å²) in [4.78, 5) is 4.09. The number of nitrogens with zero attached hydrogens (tertiary/aromatic N) is 2. The predicted octanol–water partition coefficient (Wildman–Crippen LogP) is 0.992. The number of halogens is 1. The molecule has 17 heavy (non-hydrogen) atoms. The average molecular weight is 354 g/mol. The molecule has 0 aliphatic carbocycles. The van der Waals surface area contributed by atoms with Crippen molar-refractivity contribution in [2.75, 3.05) is 20.8 Å². The van der Waals surface area contributed by atoms with E-state index in [1.807, 2.05) is 6.92 Å². The van der Waals surface area contributed by atoms with Gasteiger partial charge < -0.3 is 19.9 Å². The lowest BCUT2D eigenvalue weighted by Gasteiger charge is -2.16. The number of ether oxygens (including phenoxy) is 1. The van der Waals surface area contributed by atoms with Gasteiger partial charge >= 0.3 is 0 Å². The van der Waals surface area contributed by atoms with Crippen LogP contribution in [0, 0.1) is 0 Å². The van der Waals surface area contributed by atoms with E-state index in [0.717, 1.165) is 5.69 Å². The summed E-state index contributed by atoms with van der Waals surface area (Å²) >= 11 is 0. The van der Waals surface area contributed by atoms with Crippen LogP contribution in [0.4, 0.5) is 0 Å². The molecule has 1 aromatic rings. The maximum Gasteiger partial charge on any atom is 0.191 e. The second kappa shape index (κ2) is 9.23. The third kappa shape index (κ3) is 6.47. The van der Waals surface area contributed by atoms with Gasteiger partial charge in [-0.05, 0) is 6.92 Å². The first-order valence-electron chi connectivity index (χ1n) is 5.11. The van der Waals surface area contributed by atoms with E-state index in [9.17, 15) is 0 Å². The number of methoxy groups -OCH3 is 1. The summed E-state index contributed by atoms with van der Waals surface area (Å²) in [5.41, 5.74) is 0.836. The second-order valence-corrected chi connectivity index (χ2v) is 3.42. The normalized spacial score (nSPS) is 12.8. The van der Waals surface area contributed by atoms with Gasteiger partial charge in [0.25, 0.3) is 0 Å². The summed E-state index contributed by atoms with van der Waals surface area (Å²) < 4.78 is 9.76. The minimum atomic E-state index is 0. The van der Waals surface area contributed by atoms with E-state index in [1.165, 1.54) is 0 Å². The molecule has 0 saturated carbocycles. The van der Waals surface area contributed by atoms with Crippen molar-refractivity contribution >= 4 is 29.9 Å². The highest BCUT2D eigenvalue weighted by Crippen LogP contribution is 1.92. The number of aliphatic imine (C=N–C) groups is 1. The minimum absolute atomic E-state index is 0. The van der Waals surface area contributed by atoms with E-state index >= 15 is 0 Å². The quantitative estimate of drug-likeness (QED) is 0.469. The molecule has 1 aromatic heterocycles. The molecule has 0 saturated heterocycles. The lowest BCUT2D eigenvalue weighted by Crippen LogP contribution is -2.43. The number of hydrogen-bond acceptors (Lipinski definition) is 4. The molecular weight excluding hydrogens is 335 g/mol. The molecule has 0 bridgehead atoms. The molecule has 1 rings (SSSR count). The fourth-order valence-electron chi connectivity index (χ4n) is 1.22. The lowest BCUT2D eigenvalue weighted by atomic mass is 10.4. The summed E-state index contributed by atoms with van der Waals surface area (Å²) in [5, 5.41) is 10.1. The third-order valence-electron chi connectivity index (χ3n) is 1.95. The van der Waals surface area contributed by atoms with Gasteiger partial charge in [0.1, 0.15) is 12.0 Å². The molecule has 98 valence electrons. The zero-order chi connectivity index (χ0) is 11.8. The van der Waals surface area contributed by atoms with E-state index in [2.05, 4.69) is 20.8 Å². The van der Waals surface area contributed by atoms with Gasteiger partial charge in [0.05, 0.1) is 13.2 Å². The van der Waals surface area contributed by atoms with Gasteiger partial charge in [0.2, 0.25) is 0 Å². The first-order valence-corrected chi connectivity index (χ1v) is 5.11. The first-order chi connectivity index (χ1) is 7.76. The fourth-order valence-corrected chi connectivity index (χ4v) is 1.22. The molecule has 0 aromatic carbocycles. The summed E-state index contributed by atoms with van der Waals surface area (Å²) in [7, 11) is 3.39. The van der Waals surface area contributed by atoms with Gasteiger partial charge in [-0.2, -0.15) is 0 Å². The van der Waals surface area contributed by atoms with Crippen molar-refractivity contribution in [3.8, 4) is 0 Å². The van der Waals surface area contributed by atoms with E-state index in [0.29, 0.717) is 19.1 Å². The van der Waals surface area contributed by atoms with Crippen molar-refractivity contribution < 1.29 is 9.26 Å². The highest BCUT2D eigenvalue weighted by atomic mass is 127. The average Bonchev–Trinajstić information content (AvgIpc) is 2.77. The minimum Gasteiger partial charge on any atom is -0.383 e. The molecule has 0 aliphatic heterocycles. The number of rotatable bonds is 5.